The summed E-state index contributed by atoms with van der Waals surface area (Å²) >= 11 is 4.71. The van der Waals surface area contributed by atoms with E-state index in [-0.39, 0.29) is 5.78 Å². The van der Waals surface area contributed by atoms with Gasteiger partial charge in [0.25, 0.3) is 0 Å². The fraction of sp³-hybridized carbons (Fsp3) is 0.111. The molecule has 0 unspecified atom stereocenters. The van der Waals surface area contributed by atoms with E-state index in [4.69, 9.17) is 0 Å². The molecule has 0 saturated carbocycles. The van der Waals surface area contributed by atoms with E-state index >= 15 is 0 Å². The molecule has 0 aromatic carbocycles. The molecule has 2 heterocycles. The highest BCUT2D eigenvalue weighted by Gasteiger charge is 2.09. The van der Waals surface area contributed by atoms with Gasteiger partial charge in [-0.25, -0.2) is 0 Å². The smallest absolute Gasteiger partial charge is 0.174 e. The third-order valence-electron chi connectivity index (χ3n) is 1.77. The molecule has 2 aromatic heterocycles. The lowest BCUT2D eigenvalue weighted by atomic mass is 10.2. The second-order valence-electron chi connectivity index (χ2n) is 2.55. The third kappa shape index (κ3) is 1.51. The van der Waals surface area contributed by atoms with Gasteiger partial charge >= 0.3 is 0 Å². The van der Waals surface area contributed by atoms with E-state index in [0.29, 0.717) is 5.33 Å². The molecular formula is C9H6BrNOS. The minimum atomic E-state index is 0.106. The van der Waals surface area contributed by atoms with Gasteiger partial charge in [0.15, 0.2) is 5.78 Å². The lowest BCUT2D eigenvalue weighted by molar-refractivity contribution is 0.102. The summed E-state index contributed by atoms with van der Waals surface area (Å²) in [5, 5.41) is 2.31. The van der Waals surface area contributed by atoms with Crippen molar-refractivity contribution in [2.24, 2.45) is 0 Å². The van der Waals surface area contributed by atoms with E-state index in [0.717, 1.165) is 15.8 Å². The largest absolute Gasteiger partial charge is 0.293 e. The van der Waals surface area contributed by atoms with Gasteiger partial charge in [0.1, 0.15) is 0 Å². The van der Waals surface area contributed by atoms with Crippen molar-refractivity contribution in [2.75, 3.05) is 5.33 Å². The minimum absolute atomic E-state index is 0.106. The fourth-order valence-corrected chi connectivity index (χ4v) is 2.35. The van der Waals surface area contributed by atoms with Gasteiger partial charge in [0.05, 0.1) is 15.5 Å². The normalized spacial score (nSPS) is 10.5. The number of fused-ring (bicyclic) bond motifs is 1. The number of pyridine rings is 1. The number of carbonyl (C=O) groups is 1. The van der Waals surface area contributed by atoms with Crippen molar-refractivity contribution in [1.29, 1.82) is 0 Å². The van der Waals surface area contributed by atoms with Crippen LogP contribution in [0.25, 0.3) is 10.2 Å². The number of alkyl halides is 1. The van der Waals surface area contributed by atoms with Crippen molar-refractivity contribution in [1.82, 2.24) is 4.98 Å². The molecule has 0 atom stereocenters. The molecule has 0 spiro atoms. The predicted octanol–water partition coefficient (Wildman–Crippen LogP) is 2.87. The number of halogens is 1. The van der Waals surface area contributed by atoms with Gasteiger partial charge in [-0.05, 0) is 17.5 Å². The van der Waals surface area contributed by atoms with Crippen LogP contribution in [0.2, 0.25) is 0 Å². The Hall–Kier alpha value is -0.740. The molecule has 2 rings (SSSR count). The van der Waals surface area contributed by atoms with Gasteiger partial charge in [-0.1, -0.05) is 15.9 Å². The van der Waals surface area contributed by atoms with Crippen molar-refractivity contribution >= 4 is 43.3 Å². The molecule has 0 saturated heterocycles. The van der Waals surface area contributed by atoms with Crippen molar-refractivity contribution in [3.63, 3.8) is 0 Å². The minimum Gasteiger partial charge on any atom is -0.293 e. The first kappa shape index (κ1) is 8.84. The number of thiophene rings is 1. The van der Waals surface area contributed by atoms with Crippen LogP contribution in [-0.4, -0.2) is 16.1 Å². The fourth-order valence-electron chi connectivity index (χ4n) is 1.17. The second-order valence-corrected chi connectivity index (χ2v) is 4.03. The Bertz CT molecular complexity index is 452. The number of hydrogen-bond acceptors (Lipinski definition) is 3. The summed E-state index contributed by atoms with van der Waals surface area (Å²) in [6, 6.07) is 3.69. The Kier molecular flexibility index (Phi) is 2.42. The molecule has 2 aromatic rings. The molecule has 4 heteroatoms. The highest BCUT2D eigenvalue weighted by Crippen LogP contribution is 2.23. The average molecular weight is 256 g/mol. The first-order valence-corrected chi connectivity index (χ1v) is 5.74. The van der Waals surface area contributed by atoms with Gasteiger partial charge in [-0.2, -0.15) is 0 Å². The number of ketones is 1. The zero-order chi connectivity index (χ0) is 9.26. The zero-order valence-electron chi connectivity index (χ0n) is 6.66. The number of hydrogen-bond donors (Lipinski definition) is 0. The van der Waals surface area contributed by atoms with Gasteiger partial charge in [-0.15, -0.1) is 11.3 Å². The Labute approximate surface area is 87.7 Å². The lowest BCUT2D eigenvalue weighted by Gasteiger charge is -1.97. The van der Waals surface area contributed by atoms with Crippen LogP contribution < -0.4 is 0 Å². The van der Waals surface area contributed by atoms with Crippen LogP contribution >= 0.6 is 27.3 Å². The number of nitrogens with zero attached hydrogens (tertiary/aromatic N) is 1. The molecule has 2 nitrogen and oxygen atoms in total. The summed E-state index contributed by atoms with van der Waals surface area (Å²) in [5.41, 5.74) is 1.66. The summed E-state index contributed by atoms with van der Waals surface area (Å²) in [7, 11) is 0. The van der Waals surface area contributed by atoms with E-state index in [1.165, 1.54) is 0 Å². The van der Waals surface area contributed by atoms with E-state index in [1.807, 2.05) is 11.4 Å². The number of carbonyl (C=O) groups excluding carboxylic acids is 1. The predicted molar refractivity (Wildman–Crippen MR) is 57.7 cm³/mol. The van der Waals surface area contributed by atoms with Crippen LogP contribution in [0.4, 0.5) is 0 Å². The van der Waals surface area contributed by atoms with E-state index in [2.05, 4.69) is 20.9 Å². The van der Waals surface area contributed by atoms with Crippen LogP contribution in [0.3, 0.4) is 0 Å². The van der Waals surface area contributed by atoms with E-state index in [9.17, 15) is 4.79 Å². The third-order valence-corrected chi connectivity index (χ3v) is 3.21. The lowest BCUT2D eigenvalue weighted by Crippen LogP contribution is -1.99. The maximum Gasteiger partial charge on any atom is 0.174 e. The standard InChI is InChI=1S/C9H6BrNOS/c10-5-8(12)6-1-3-11-7-2-4-13-9(6)7/h1-4H,5H2. The average Bonchev–Trinajstić information content (AvgIpc) is 2.63. The molecule has 0 amide bonds. The van der Waals surface area contributed by atoms with Gasteiger partial charge in [0.2, 0.25) is 0 Å². The summed E-state index contributed by atoms with van der Waals surface area (Å²) in [6.07, 6.45) is 1.67. The molecule has 0 N–H and O–H groups in total. The zero-order valence-corrected chi connectivity index (χ0v) is 9.06. The number of aromatic nitrogens is 1. The summed E-state index contributed by atoms with van der Waals surface area (Å²) in [4.78, 5) is 15.6. The van der Waals surface area contributed by atoms with E-state index in [1.54, 1.807) is 23.6 Å². The number of rotatable bonds is 2. The maximum atomic E-state index is 11.5. The second kappa shape index (κ2) is 3.55. The topological polar surface area (TPSA) is 30.0 Å². The van der Waals surface area contributed by atoms with Gasteiger partial charge in [0, 0.05) is 11.8 Å². The molecular weight excluding hydrogens is 250 g/mol. The van der Waals surface area contributed by atoms with Crippen molar-refractivity contribution in [3.8, 4) is 0 Å². The van der Waals surface area contributed by atoms with Crippen LogP contribution in [0, 0.1) is 0 Å². The first-order chi connectivity index (χ1) is 6.33. The van der Waals surface area contributed by atoms with Crippen LogP contribution in [0.15, 0.2) is 23.7 Å². The van der Waals surface area contributed by atoms with Gasteiger partial charge < -0.3 is 0 Å². The summed E-state index contributed by atoms with van der Waals surface area (Å²) in [5.74, 6) is 0.106. The maximum absolute atomic E-state index is 11.5. The first-order valence-electron chi connectivity index (χ1n) is 3.74. The highest BCUT2D eigenvalue weighted by atomic mass is 79.9. The summed E-state index contributed by atoms with van der Waals surface area (Å²) in [6.45, 7) is 0. The molecule has 13 heavy (non-hydrogen) atoms. The number of Topliss-reactive ketones (excluding diaryl/α,β-unsaturated/α-hetero) is 1. The Morgan fingerprint density at radius 1 is 1.54 bits per heavy atom. The monoisotopic (exact) mass is 255 g/mol. The Balaban J connectivity index is 2.67. The molecule has 0 bridgehead atoms. The molecule has 0 aliphatic heterocycles. The highest BCUT2D eigenvalue weighted by molar-refractivity contribution is 9.09. The van der Waals surface area contributed by atoms with E-state index < -0.39 is 0 Å². The van der Waals surface area contributed by atoms with Crippen molar-refractivity contribution in [3.05, 3.63) is 29.3 Å². The van der Waals surface area contributed by atoms with Crippen molar-refractivity contribution in [2.45, 2.75) is 0 Å². The van der Waals surface area contributed by atoms with Crippen LogP contribution in [0.5, 0.6) is 0 Å². The van der Waals surface area contributed by atoms with Crippen LogP contribution in [0.1, 0.15) is 10.4 Å². The summed E-state index contributed by atoms with van der Waals surface area (Å²) < 4.78 is 0.979. The van der Waals surface area contributed by atoms with Gasteiger partial charge in [-0.3, -0.25) is 9.78 Å². The molecule has 0 fully saturated rings. The van der Waals surface area contributed by atoms with Crippen LogP contribution in [-0.2, 0) is 0 Å². The quantitative estimate of drug-likeness (QED) is 0.610. The Morgan fingerprint density at radius 2 is 2.38 bits per heavy atom. The van der Waals surface area contributed by atoms with Crippen molar-refractivity contribution < 1.29 is 4.79 Å². The Morgan fingerprint density at radius 3 is 3.15 bits per heavy atom. The molecule has 66 valence electrons. The molecule has 0 aliphatic carbocycles. The SMILES string of the molecule is O=C(CBr)c1ccnc2ccsc12. The molecule has 0 radical (unpaired) electrons. The molecule has 0 aliphatic rings.